The predicted molar refractivity (Wildman–Crippen MR) is 216 cm³/mol. The van der Waals surface area contributed by atoms with Gasteiger partial charge in [0.2, 0.25) is 5.84 Å². The summed E-state index contributed by atoms with van der Waals surface area (Å²) >= 11 is 1.84. The van der Waals surface area contributed by atoms with Gasteiger partial charge in [0.1, 0.15) is 12.7 Å². The van der Waals surface area contributed by atoms with Gasteiger partial charge in [-0.15, -0.1) is 0 Å². The first-order chi connectivity index (χ1) is 24.8. The Labute approximate surface area is 303 Å². The number of hydrogen-bond donors (Lipinski definition) is 0. The van der Waals surface area contributed by atoms with E-state index in [9.17, 15) is 0 Å². The summed E-state index contributed by atoms with van der Waals surface area (Å²) in [5.41, 5.74) is 6.78. The Morgan fingerprint density at radius 2 is 0.900 bits per heavy atom. The number of nitrogens with zero attached hydrogens (tertiary/aromatic N) is 2. The van der Waals surface area contributed by atoms with Crippen LogP contribution in [0.4, 0.5) is 0 Å². The van der Waals surface area contributed by atoms with Crippen LogP contribution in [0.1, 0.15) is 37.7 Å². The van der Waals surface area contributed by atoms with Gasteiger partial charge in [-0.25, -0.2) is 0 Å². The molecule has 0 unspecified atom stereocenters. The molecule has 6 aromatic carbocycles. The van der Waals surface area contributed by atoms with Gasteiger partial charge < -0.3 is 0 Å². The van der Waals surface area contributed by atoms with Crippen LogP contribution in [-0.4, -0.2) is 41.1 Å². The van der Waals surface area contributed by atoms with Crippen molar-refractivity contribution in [2.45, 2.75) is 48.4 Å². The van der Waals surface area contributed by atoms with Gasteiger partial charge in [-0.1, -0.05) is 163 Å². The van der Waals surface area contributed by atoms with E-state index in [2.05, 4.69) is 185 Å². The lowest BCUT2D eigenvalue weighted by molar-refractivity contribution is -0.539. The maximum Gasteiger partial charge on any atom is 0.247 e. The molecule has 2 aliphatic rings. The average Bonchev–Trinajstić information content (AvgIpc) is 3.45. The molecule has 2 nitrogen and oxygen atoms in total. The highest BCUT2D eigenvalue weighted by Crippen LogP contribution is 2.28. The Bertz CT molecular complexity index is 1770. The summed E-state index contributed by atoms with van der Waals surface area (Å²) in [7, 11) is 0. The summed E-state index contributed by atoms with van der Waals surface area (Å²) in [5, 5.41) is 0. The molecule has 0 saturated carbocycles. The van der Waals surface area contributed by atoms with Gasteiger partial charge in [0.15, 0.2) is 0 Å². The monoisotopic (exact) mass is 670 g/mol. The fraction of sp³-hybridized carbons (Fsp3) is 0.196. The molecular formula is C46H47BN2S. The second-order valence-corrected chi connectivity index (χ2v) is 14.7. The molecule has 8 rings (SSSR count). The lowest BCUT2D eigenvalue weighted by Gasteiger charge is -2.44. The van der Waals surface area contributed by atoms with E-state index in [0.717, 1.165) is 6.54 Å². The maximum absolute atomic E-state index is 2.65. The molecule has 50 heavy (non-hydrogen) atoms. The lowest BCUT2D eigenvalue weighted by atomic mass is 9.13. The summed E-state index contributed by atoms with van der Waals surface area (Å²) in [6.07, 6.45) is 5.46. The van der Waals surface area contributed by atoms with Crippen molar-refractivity contribution < 1.29 is 4.58 Å². The smallest absolute Gasteiger partial charge is 0.247 e. The van der Waals surface area contributed by atoms with Gasteiger partial charge in [0.05, 0.1) is 19.6 Å². The molecule has 0 bridgehead atoms. The van der Waals surface area contributed by atoms with Gasteiger partial charge in [0, 0.05) is 22.6 Å². The van der Waals surface area contributed by atoms with Crippen molar-refractivity contribution in [2.24, 2.45) is 0 Å². The highest BCUT2D eigenvalue weighted by molar-refractivity contribution is 7.99. The van der Waals surface area contributed by atoms with Gasteiger partial charge in [-0.3, -0.25) is 9.48 Å². The van der Waals surface area contributed by atoms with Crippen molar-refractivity contribution in [1.29, 1.82) is 0 Å². The molecule has 4 heteroatoms. The highest BCUT2D eigenvalue weighted by atomic mass is 32.2. The Morgan fingerprint density at radius 3 is 1.40 bits per heavy atom. The fourth-order valence-corrected chi connectivity index (χ4v) is 8.87. The van der Waals surface area contributed by atoms with Crippen LogP contribution in [0.15, 0.2) is 186 Å². The summed E-state index contributed by atoms with van der Waals surface area (Å²) < 4.78 is 2.65. The Kier molecular flexibility index (Phi) is 11.3. The van der Waals surface area contributed by atoms with E-state index in [-0.39, 0.29) is 0 Å². The number of rotatable bonds is 8. The van der Waals surface area contributed by atoms with Gasteiger partial charge in [0.25, 0.3) is 0 Å². The fourth-order valence-electron chi connectivity index (χ4n) is 8.03. The van der Waals surface area contributed by atoms with Crippen molar-refractivity contribution >= 4 is 45.6 Å². The van der Waals surface area contributed by atoms with Crippen LogP contribution in [-0.2, 0) is 6.54 Å². The Hall–Kier alpha value is -4.80. The molecule has 0 aliphatic carbocycles. The summed E-state index contributed by atoms with van der Waals surface area (Å²) in [6.45, 7) is 4.80. The molecule has 2 aliphatic heterocycles. The Morgan fingerprint density at radius 1 is 0.460 bits per heavy atom. The van der Waals surface area contributed by atoms with E-state index in [1.165, 1.54) is 88.9 Å². The van der Waals surface area contributed by atoms with Crippen LogP contribution in [0.5, 0.6) is 0 Å². The number of benzene rings is 6. The number of hydrogen-bond acceptors (Lipinski definition) is 2. The molecule has 0 amide bonds. The standard InChI is InChI=1S/C24H20B.C22H27N2S/c1-5-13-21(14-6-1)25(22-15-7-2-8-16-22,23-17-9-3-10-18-23)24-19-11-4-12-20-24;1-3-8-20(9-4-1)25-21-13-11-19(12-14-21)18-24-17-7-16-23-15-6-2-5-10-22(23)24/h1-20H;1,3-4,8-9,11-14H,2,5-7,10,15-18H2/q-1;+1. The van der Waals surface area contributed by atoms with E-state index in [4.69, 9.17) is 0 Å². The second kappa shape index (κ2) is 16.7. The van der Waals surface area contributed by atoms with Crippen LogP contribution in [0.3, 0.4) is 0 Å². The molecule has 0 N–H and O–H groups in total. The summed E-state index contributed by atoms with van der Waals surface area (Å²) in [4.78, 5) is 5.25. The quantitative estimate of drug-likeness (QED) is 0.119. The third-order valence-corrected chi connectivity index (χ3v) is 11.4. The van der Waals surface area contributed by atoms with Crippen molar-refractivity contribution in [1.82, 2.24) is 4.90 Å². The summed E-state index contributed by atoms with van der Waals surface area (Å²) in [5.74, 6) is 1.60. The molecule has 2 heterocycles. The minimum absolute atomic E-state index is 1.06. The average molecular weight is 671 g/mol. The molecule has 6 aromatic rings. The van der Waals surface area contributed by atoms with Crippen LogP contribution in [0.2, 0.25) is 0 Å². The zero-order valence-electron chi connectivity index (χ0n) is 29.0. The van der Waals surface area contributed by atoms with E-state index in [1.54, 1.807) is 5.84 Å². The van der Waals surface area contributed by atoms with E-state index in [0.29, 0.717) is 0 Å². The first kappa shape index (κ1) is 33.7. The van der Waals surface area contributed by atoms with Crippen LogP contribution in [0.25, 0.3) is 0 Å². The van der Waals surface area contributed by atoms with Crippen LogP contribution in [0, 0.1) is 0 Å². The first-order valence-corrected chi connectivity index (χ1v) is 19.2. The topological polar surface area (TPSA) is 6.25 Å². The van der Waals surface area contributed by atoms with Crippen molar-refractivity contribution in [2.75, 3.05) is 19.6 Å². The highest BCUT2D eigenvalue weighted by Gasteiger charge is 2.31. The largest absolute Gasteiger partial charge is 0.266 e. The number of amidine groups is 1. The summed E-state index contributed by atoms with van der Waals surface area (Å²) in [6, 6.07) is 63.3. The SMILES string of the molecule is c1ccc(Sc2ccc(CN3CCC[N+]4=C3CCCCC4)cc2)cc1.c1ccc([B-](c2ccccc2)(c2ccccc2)c2ccccc2)cc1. The molecular weight excluding hydrogens is 623 g/mol. The second-order valence-electron chi connectivity index (χ2n) is 13.6. The molecule has 250 valence electrons. The first-order valence-electron chi connectivity index (χ1n) is 18.4. The minimum atomic E-state index is -1.22. The van der Waals surface area contributed by atoms with Gasteiger partial charge in [-0.2, -0.15) is 21.9 Å². The van der Waals surface area contributed by atoms with E-state index < -0.39 is 6.15 Å². The predicted octanol–water partition coefficient (Wildman–Crippen LogP) is 8.09. The van der Waals surface area contributed by atoms with Gasteiger partial charge >= 0.3 is 0 Å². The molecule has 0 radical (unpaired) electrons. The van der Waals surface area contributed by atoms with Gasteiger partial charge in [-0.05, 0) is 49.1 Å². The maximum atomic E-state index is 2.65. The van der Waals surface area contributed by atoms with Crippen molar-refractivity contribution in [3.63, 3.8) is 0 Å². The van der Waals surface area contributed by atoms with Crippen LogP contribution >= 0.6 is 11.8 Å². The molecule has 0 aromatic heterocycles. The zero-order valence-corrected chi connectivity index (χ0v) is 29.8. The van der Waals surface area contributed by atoms with Crippen LogP contribution < -0.4 is 21.9 Å². The Balaban J connectivity index is 0.000000157. The molecule has 0 atom stereocenters. The molecule has 0 spiro atoms. The normalized spacial score (nSPS) is 14.6. The van der Waals surface area contributed by atoms with E-state index in [1.807, 2.05) is 11.8 Å². The lowest BCUT2D eigenvalue weighted by Crippen LogP contribution is -2.74. The third-order valence-electron chi connectivity index (χ3n) is 10.4. The molecule has 0 fully saturated rings. The minimum Gasteiger partial charge on any atom is -0.266 e. The van der Waals surface area contributed by atoms with Crippen molar-refractivity contribution in [3.8, 4) is 0 Å². The third kappa shape index (κ3) is 7.82. The molecule has 0 saturated heterocycles. The zero-order chi connectivity index (χ0) is 33.9. The van der Waals surface area contributed by atoms with E-state index >= 15 is 0 Å². The van der Waals surface area contributed by atoms with Crippen molar-refractivity contribution in [3.05, 3.63) is 181 Å².